The van der Waals surface area contributed by atoms with Crippen molar-refractivity contribution in [3.05, 3.63) is 29.8 Å². The maximum atomic E-state index is 5.70. The van der Waals surface area contributed by atoms with E-state index in [1.165, 1.54) is 31.5 Å². The molecule has 0 radical (unpaired) electrons. The van der Waals surface area contributed by atoms with Crippen molar-refractivity contribution in [3.8, 4) is 0 Å². The van der Waals surface area contributed by atoms with Crippen molar-refractivity contribution < 1.29 is 0 Å². The third-order valence-electron chi connectivity index (χ3n) is 3.96. The smallest absolute Gasteiger partial charge is 0.0314 e. The zero-order valence-electron chi connectivity index (χ0n) is 11.0. The highest BCUT2D eigenvalue weighted by Gasteiger charge is 2.21. The molecule has 2 nitrogen and oxygen atoms in total. The Kier molecular flexibility index (Phi) is 4.06. The molecular weight excluding hydrogens is 208 g/mol. The lowest BCUT2D eigenvalue weighted by Gasteiger charge is -2.33. The third kappa shape index (κ3) is 3.47. The third-order valence-corrected chi connectivity index (χ3v) is 3.96. The molecule has 1 fully saturated rings. The lowest BCUT2D eigenvalue weighted by Crippen LogP contribution is -2.34. The van der Waals surface area contributed by atoms with Crippen LogP contribution in [0.4, 0.5) is 5.69 Å². The molecule has 0 spiro atoms. The van der Waals surface area contributed by atoms with Crippen molar-refractivity contribution in [2.24, 2.45) is 11.8 Å². The molecule has 0 bridgehead atoms. The Morgan fingerprint density at radius 1 is 1.18 bits per heavy atom. The van der Waals surface area contributed by atoms with E-state index in [1.54, 1.807) is 0 Å². The van der Waals surface area contributed by atoms with Gasteiger partial charge in [-0.05, 0) is 55.5 Å². The van der Waals surface area contributed by atoms with E-state index in [1.807, 2.05) is 12.1 Å². The van der Waals surface area contributed by atoms with Crippen LogP contribution in [0.5, 0.6) is 0 Å². The van der Waals surface area contributed by atoms with Gasteiger partial charge in [0.25, 0.3) is 0 Å². The summed E-state index contributed by atoms with van der Waals surface area (Å²) in [7, 11) is 0. The van der Waals surface area contributed by atoms with Crippen LogP contribution in [-0.4, -0.2) is 18.0 Å². The summed E-state index contributed by atoms with van der Waals surface area (Å²) in [6.45, 7) is 8.26. The van der Waals surface area contributed by atoms with E-state index in [4.69, 9.17) is 5.73 Å². The standard InChI is InChI=1S/C15H24N2/c1-12(2)14-7-9-17(10-8-14)11-13-3-5-15(16)6-4-13/h3-6,12,14H,7-11,16H2,1-2H3. The van der Waals surface area contributed by atoms with Gasteiger partial charge in [-0.3, -0.25) is 4.90 Å². The van der Waals surface area contributed by atoms with Crippen LogP contribution in [0.1, 0.15) is 32.3 Å². The van der Waals surface area contributed by atoms with Gasteiger partial charge in [0.15, 0.2) is 0 Å². The molecule has 1 aliphatic rings. The van der Waals surface area contributed by atoms with Gasteiger partial charge in [-0.25, -0.2) is 0 Å². The van der Waals surface area contributed by atoms with Gasteiger partial charge in [0.05, 0.1) is 0 Å². The zero-order valence-corrected chi connectivity index (χ0v) is 11.0. The van der Waals surface area contributed by atoms with Crippen LogP contribution in [-0.2, 0) is 6.54 Å². The average Bonchev–Trinajstić information content (AvgIpc) is 2.33. The van der Waals surface area contributed by atoms with Gasteiger partial charge in [0.2, 0.25) is 0 Å². The molecule has 0 aromatic heterocycles. The Morgan fingerprint density at radius 3 is 2.29 bits per heavy atom. The Labute approximate surface area is 105 Å². The average molecular weight is 232 g/mol. The van der Waals surface area contributed by atoms with E-state index in [9.17, 15) is 0 Å². The second kappa shape index (κ2) is 5.54. The fourth-order valence-corrected chi connectivity index (χ4v) is 2.66. The quantitative estimate of drug-likeness (QED) is 0.811. The highest BCUT2D eigenvalue weighted by atomic mass is 15.1. The van der Waals surface area contributed by atoms with Crippen LogP contribution in [0, 0.1) is 11.8 Å². The van der Waals surface area contributed by atoms with Crippen molar-refractivity contribution in [2.45, 2.75) is 33.2 Å². The summed E-state index contributed by atoms with van der Waals surface area (Å²) in [5.74, 6) is 1.77. The molecule has 2 rings (SSSR count). The van der Waals surface area contributed by atoms with E-state index in [2.05, 4.69) is 30.9 Å². The Balaban J connectivity index is 1.84. The molecule has 1 aromatic rings. The number of nitrogen functional groups attached to an aromatic ring is 1. The predicted octanol–water partition coefficient (Wildman–Crippen LogP) is 3.14. The van der Waals surface area contributed by atoms with Gasteiger partial charge >= 0.3 is 0 Å². The number of hydrogen-bond acceptors (Lipinski definition) is 2. The minimum atomic E-state index is 0.841. The molecule has 1 aromatic carbocycles. The van der Waals surface area contributed by atoms with E-state index in [0.29, 0.717) is 0 Å². The van der Waals surface area contributed by atoms with Gasteiger partial charge in [-0.2, -0.15) is 0 Å². The highest BCUT2D eigenvalue weighted by Crippen LogP contribution is 2.25. The van der Waals surface area contributed by atoms with Gasteiger partial charge in [0, 0.05) is 12.2 Å². The van der Waals surface area contributed by atoms with Crippen molar-refractivity contribution >= 4 is 5.69 Å². The summed E-state index contributed by atoms with van der Waals surface area (Å²) < 4.78 is 0. The topological polar surface area (TPSA) is 29.3 Å². The van der Waals surface area contributed by atoms with E-state index in [-0.39, 0.29) is 0 Å². The fourth-order valence-electron chi connectivity index (χ4n) is 2.66. The first-order chi connectivity index (χ1) is 8.15. The maximum absolute atomic E-state index is 5.70. The Morgan fingerprint density at radius 2 is 1.76 bits per heavy atom. The summed E-state index contributed by atoms with van der Waals surface area (Å²) in [5.41, 5.74) is 7.93. The second-order valence-corrected chi connectivity index (χ2v) is 5.60. The van der Waals surface area contributed by atoms with Crippen LogP contribution >= 0.6 is 0 Å². The highest BCUT2D eigenvalue weighted by molar-refractivity contribution is 5.39. The number of rotatable bonds is 3. The number of nitrogens with two attached hydrogens (primary N) is 1. The summed E-state index contributed by atoms with van der Waals surface area (Å²) in [5, 5.41) is 0. The molecule has 94 valence electrons. The number of benzene rings is 1. The van der Waals surface area contributed by atoms with Crippen LogP contribution in [0.15, 0.2) is 24.3 Å². The summed E-state index contributed by atoms with van der Waals surface area (Å²) in [4.78, 5) is 2.56. The minimum Gasteiger partial charge on any atom is -0.399 e. The van der Waals surface area contributed by atoms with Gasteiger partial charge < -0.3 is 5.73 Å². The molecule has 2 heteroatoms. The van der Waals surface area contributed by atoms with Gasteiger partial charge in [-0.15, -0.1) is 0 Å². The molecule has 0 aliphatic carbocycles. The van der Waals surface area contributed by atoms with Crippen molar-refractivity contribution in [2.75, 3.05) is 18.8 Å². The summed E-state index contributed by atoms with van der Waals surface area (Å²) in [6.07, 6.45) is 2.71. The molecule has 0 atom stereocenters. The zero-order chi connectivity index (χ0) is 12.3. The molecular formula is C15H24N2. The lowest BCUT2D eigenvalue weighted by molar-refractivity contribution is 0.152. The van der Waals surface area contributed by atoms with E-state index >= 15 is 0 Å². The van der Waals surface area contributed by atoms with Crippen LogP contribution in [0.25, 0.3) is 0 Å². The summed E-state index contributed by atoms with van der Waals surface area (Å²) >= 11 is 0. The van der Waals surface area contributed by atoms with Crippen LogP contribution < -0.4 is 5.73 Å². The molecule has 1 heterocycles. The molecule has 1 saturated heterocycles. The van der Waals surface area contributed by atoms with E-state index in [0.717, 1.165) is 24.1 Å². The minimum absolute atomic E-state index is 0.841. The molecule has 0 unspecified atom stereocenters. The van der Waals surface area contributed by atoms with Crippen LogP contribution in [0.2, 0.25) is 0 Å². The first-order valence-corrected chi connectivity index (χ1v) is 6.72. The molecule has 2 N–H and O–H groups in total. The number of hydrogen-bond donors (Lipinski definition) is 1. The monoisotopic (exact) mass is 232 g/mol. The summed E-state index contributed by atoms with van der Waals surface area (Å²) in [6, 6.07) is 8.28. The second-order valence-electron chi connectivity index (χ2n) is 5.60. The van der Waals surface area contributed by atoms with Crippen molar-refractivity contribution in [3.63, 3.8) is 0 Å². The lowest BCUT2D eigenvalue weighted by atomic mass is 9.86. The number of nitrogens with zero attached hydrogens (tertiary/aromatic N) is 1. The van der Waals surface area contributed by atoms with Crippen LogP contribution in [0.3, 0.4) is 0 Å². The normalized spacial score (nSPS) is 18.8. The Hall–Kier alpha value is -1.02. The van der Waals surface area contributed by atoms with Crippen molar-refractivity contribution in [1.82, 2.24) is 4.90 Å². The van der Waals surface area contributed by atoms with Gasteiger partial charge in [-0.1, -0.05) is 26.0 Å². The van der Waals surface area contributed by atoms with Crippen molar-refractivity contribution in [1.29, 1.82) is 0 Å². The number of piperidine rings is 1. The number of anilines is 1. The SMILES string of the molecule is CC(C)C1CCN(Cc2ccc(N)cc2)CC1. The first-order valence-electron chi connectivity index (χ1n) is 6.72. The number of likely N-dealkylation sites (tertiary alicyclic amines) is 1. The molecule has 0 saturated carbocycles. The molecule has 1 aliphatic heterocycles. The molecule has 17 heavy (non-hydrogen) atoms. The first kappa shape index (κ1) is 12.4. The van der Waals surface area contributed by atoms with E-state index < -0.39 is 0 Å². The fraction of sp³-hybridized carbons (Fsp3) is 0.600. The largest absolute Gasteiger partial charge is 0.399 e. The molecule has 0 amide bonds. The predicted molar refractivity (Wildman–Crippen MR) is 73.7 cm³/mol. The van der Waals surface area contributed by atoms with Gasteiger partial charge in [0.1, 0.15) is 0 Å². The maximum Gasteiger partial charge on any atom is 0.0314 e. The Bertz CT molecular complexity index is 334.